The second kappa shape index (κ2) is 12.8. The van der Waals surface area contributed by atoms with Gasteiger partial charge in [0.1, 0.15) is 0 Å². The van der Waals surface area contributed by atoms with Gasteiger partial charge < -0.3 is 15.4 Å². The summed E-state index contributed by atoms with van der Waals surface area (Å²) in [6, 6.07) is 9.74. The molecule has 0 bridgehead atoms. The highest BCUT2D eigenvalue weighted by molar-refractivity contribution is 5.79. The van der Waals surface area contributed by atoms with Gasteiger partial charge in [-0.15, -0.1) is 0 Å². The van der Waals surface area contributed by atoms with Crippen LogP contribution >= 0.6 is 0 Å². The number of ether oxygens (including phenoxy) is 1. The van der Waals surface area contributed by atoms with E-state index >= 15 is 0 Å². The van der Waals surface area contributed by atoms with Gasteiger partial charge in [0.2, 0.25) is 0 Å². The second-order valence-corrected chi connectivity index (χ2v) is 8.20. The Labute approximate surface area is 177 Å². The Morgan fingerprint density at radius 2 is 1.72 bits per heavy atom. The van der Waals surface area contributed by atoms with E-state index in [9.17, 15) is 0 Å². The van der Waals surface area contributed by atoms with Crippen molar-refractivity contribution in [3.05, 3.63) is 35.4 Å². The molecule has 1 saturated heterocycles. The van der Waals surface area contributed by atoms with Gasteiger partial charge in [0.15, 0.2) is 5.96 Å². The average molecular weight is 404 g/mol. The van der Waals surface area contributed by atoms with Gasteiger partial charge in [-0.05, 0) is 45.7 Å². The summed E-state index contributed by atoms with van der Waals surface area (Å²) >= 11 is 0. The van der Waals surface area contributed by atoms with E-state index in [2.05, 4.69) is 79.3 Å². The number of hydrogen-bond acceptors (Lipinski definition) is 4. The number of nitrogens with one attached hydrogen (secondary N) is 2. The zero-order valence-electron chi connectivity index (χ0n) is 19.1. The number of morpholine rings is 1. The molecule has 0 saturated carbocycles. The van der Waals surface area contributed by atoms with Crippen molar-refractivity contribution in [1.82, 2.24) is 20.4 Å². The number of hydrogen-bond donors (Lipinski definition) is 2. The highest BCUT2D eigenvalue weighted by atomic mass is 16.5. The van der Waals surface area contributed by atoms with Crippen molar-refractivity contribution in [1.29, 1.82) is 0 Å². The molecule has 0 aliphatic carbocycles. The summed E-state index contributed by atoms with van der Waals surface area (Å²) in [5.41, 5.74) is 2.65. The molecule has 0 aromatic heterocycles. The monoisotopic (exact) mass is 403 g/mol. The predicted octanol–water partition coefficient (Wildman–Crippen LogP) is 2.69. The first-order chi connectivity index (χ1) is 14.0. The van der Waals surface area contributed by atoms with E-state index in [4.69, 9.17) is 9.73 Å². The van der Waals surface area contributed by atoms with Gasteiger partial charge in [0.05, 0.1) is 19.8 Å². The Kier molecular flexibility index (Phi) is 10.5. The summed E-state index contributed by atoms with van der Waals surface area (Å²) in [5, 5.41) is 6.88. The molecule has 0 amide bonds. The summed E-state index contributed by atoms with van der Waals surface area (Å²) in [7, 11) is 0. The third kappa shape index (κ3) is 8.33. The maximum Gasteiger partial charge on any atom is 0.191 e. The van der Waals surface area contributed by atoms with Crippen LogP contribution in [0.5, 0.6) is 0 Å². The lowest BCUT2D eigenvalue weighted by atomic mass is 10.1. The van der Waals surface area contributed by atoms with Crippen molar-refractivity contribution in [3.8, 4) is 0 Å². The zero-order chi connectivity index (χ0) is 21.1. The van der Waals surface area contributed by atoms with E-state index in [0.717, 1.165) is 58.4 Å². The van der Waals surface area contributed by atoms with Gasteiger partial charge >= 0.3 is 0 Å². The highest BCUT2D eigenvalue weighted by Crippen LogP contribution is 2.14. The predicted molar refractivity (Wildman–Crippen MR) is 122 cm³/mol. The minimum Gasteiger partial charge on any atom is -0.379 e. The number of rotatable bonds is 10. The van der Waals surface area contributed by atoms with E-state index < -0.39 is 0 Å². The smallest absolute Gasteiger partial charge is 0.191 e. The van der Waals surface area contributed by atoms with Gasteiger partial charge in [0.25, 0.3) is 0 Å². The molecule has 1 heterocycles. The summed E-state index contributed by atoms with van der Waals surface area (Å²) in [4.78, 5) is 9.81. The molecule has 0 radical (unpaired) electrons. The standard InChI is InChI=1S/C23H41N5O/c1-6-24-23(25-11-12-28(19(2)3)20(4)5)26-17-21-9-7-8-10-22(21)18-27-13-15-29-16-14-27/h7-10,19-20H,6,11-18H2,1-5H3,(H2,24,25,26). The first-order valence-corrected chi connectivity index (χ1v) is 11.2. The first kappa shape index (κ1) is 23.6. The molecule has 2 rings (SSSR count). The fourth-order valence-corrected chi connectivity index (χ4v) is 3.79. The summed E-state index contributed by atoms with van der Waals surface area (Å²) < 4.78 is 5.47. The Morgan fingerprint density at radius 1 is 1.07 bits per heavy atom. The minimum atomic E-state index is 0.545. The quantitative estimate of drug-likeness (QED) is 0.465. The summed E-state index contributed by atoms with van der Waals surface area (Å²) in [5.74, 6) is 0.890. The minimum absolute atomic E-state index is 0.545. The van der Waals surface area contributed by atoms with Crippen molar-refractivity contribution in [2.24, 2.45) is 4.99 Å². The van der Waals surface area contributed by atoms with Crippen LogP contribution in [0.3, 0.4) is 0 Å². The van der Waals surface area contributed by atoms with Crippen LogP contribution in [0, 0.1) is 0 Å². The van der Waals surface area contributed by atoms with E-state index in [1.165, 1.54) is 11.1 Å². The average Bonchev–Trinajstić information content (AvgIpc) is 2.70. The second-order valence-electron chi connectivity index (χ2n) is 8.20. The largest absolute Gasteiger partial charge is 0.379 e. The van der Waals surface area contributed by atoms with Crippen LogP contribution in [0.25, 0.3) is 0 Å². The molecule has 1 aromatic carbocycles. The molecule has 1 fully saturated rings. The molecule has 0 atom stereocenters. The van der Waals surface area contributed by atoms with Gasteiger partial charge in [-0.3, -0.25) is 9.80 Å². The third-order valence-electron chi connectivity index (χ3n) is 5.36. The molecular formula is C23H41N5O. The normalized spacial score (nSPS) is 16.1. The fraction of sp³-hybridized carbons (Fsp3) is 0.696. The molecule has 6 heteroatoms. The van der Waals surface area contributed by atoms with Gasteiger partial charge in [-0.1, -0.05) is 24.3 Å². The molecule has 0 spiro atoms. The zero-order valence-corrected chi connectivity index (χ0v) is 19.1. The number of guanidine groups is 1. The molecular weight excluding hydrogens is 362 g/mol. The van der Waals surface area contributed by atoms with Crippen LogP contribution in [-0.2, 0) is 17.8 Å². The number of nitrogens with zero attached hydrogens (tertiary/aromatic N) is 3. The van der Waals surface area contributed by atoms with Crippen molar-refractivity contribution >= 4 is 5.96 Å². The van der Waals surface area contributed by atoms with Gasteiger partial charge in [-0.2, -0.15) is 0 Å². The van der Waals surface area contributed by atoms with Crippen LogP contribution in [0.15, 0.2) is 29.3 Å². The lowest BCUT2D eigenvalue weighted by Crippen LogP contribution is -2.45. The molecule has 29 heavy (non-hydrogen) atoms. The van der Waals surface area contributed by atoms with Crippen molar-refractivity contribution in [3.63, 3.8) is 0 Å². The van der Waals surface area contributed by atoms with Gasteiger partial charge in [0, 0.05) is 51.4 Å². The van der Waals surface area contributed by atoms with Crippen molar-refractivity contribution in [2.45, 2.75) is 59.8 Å². The highest BCUT2D eigenvalue weighted by Gasteiger charge is 2.14. The Balaban J connectivity index is 1.95. The summed E-state index contributed by atoms with van der Waals surface area (Å²) in [6.07, 6.45) is 0. The van der Waals surface area contributed by atoms with Crippen molar-refractivity contribution < 1.29 is 4.74 Å². The van der Waals surface area contributed by atoms with Crippen LogP contribution in [0.4, 0.5) is 0 Å². The van der Waals surface area contributed by atoms with E-state index in [0.29, 0.717) is 18.6 Å². The van der Waals surface area contributed by atoms with E-state index in [-0.39, 0.29) is 0 Å². The molecule has 2 N–H and O–H groups in total. The lowest BCUT2D eigenvalue weighted by Gasteiger charge is -2.30. The molecule has 164 valence electrons. The topological polar surface area (TPSA) is 52.1 Å². The number of benzene rings is 1. The van der Waals surface area contributed by atoms with Crippen molar-refractivity contribution in [2.75, 3.05) is 45.9 Å². The number of aliphatic imine (C=N–C) groups is 1. The molecule has 6 nitrogen and oxygen atoms in total. The molecule has 1 aliphatic rings. The fourth-order valence-electron chi connectivity index (χ4n) is 3.79. The molecule has 0 unspecified atom stereocenters. The van der Waals surface area contributed by atoms with Crippen LogP contribution in [0.1, 0.15) is 45.7 Å². The van der Waals surface area contributed by atoms with E-state index in [1.54, 1.807) is 0 Å². The van der Waals surface area contributed by atoms with Crippen LogP contribution < -0.4 is 10.6 Å². The Bertz CT molecular complexity index is 603. The molecule has 1 aliphatic heterocycles. The van der Waals surface area contributed by atoms with Gasteiger partial charge in [-0.25, -0.2) is 4.99 Å². The first-order valence-electron chi connectivity index (χ1n) is 11.2. The lowest BCUT2D eigenvalue weighted by molar-refractivity contribution is 0.0341. The third-order valence-corrected chi connectivity index (χ3v) is 5.36. The summed E-state index contributed by atoms with van der Waals surface area (Å²) in [6.45, 7) is 19.2. The van der Waals surface area contributed by atoms with E-state index in [1.807, 2.05) is 0 Å². The maximum absolute atomic E-state index is 5.47. The SMILES string of the molecule is CCNC(=NCc1ccccc1CN1CCOCC1)NCCN(C(C)C)C(C)C. The molecule has 1 aromatic rings. The van der Waals surface area contributed by atoms with Crippen LogP contribution in [-0.4, -0.2) is 73.8 Å². The Hall–Kier alpha value is -1.63. The van der Waals surface area contributed by atoms with Crippen LogP contribution in [0.2, 0.25) is 0 Å². The Morgan fingerprint density at radius 3 is 2.34 bits per heavy atom. The maximum atomic E-state index is 5.47.